The maximum Gasteiger partial charge on any atom is 0.252 e. The number of carbonyl (C=O) groups excluding carboxylic acids is 1. The van der Waals surface area contributed by atoms with Crippen molar-refractivity contribution < 1.29 is 13.2 Å². The summed E-state index contributed by atoms with van der Waals surface area (Å²) in [5.41, 5.74) is 1.73. The molecule has 0 aromatic heterocycles. The van der Waals surface area contributed by atoms with Crippen LogP contribution in [0.3, 0.4) is 0 Å². The van der Waals surface area contributed by atoms with E-state index in [4.69, 9.17) is 5.14 Å². The molecule has 1 aromatic carbocycles. The van der Waals surface area contributed by atoms with Gasteiger partial charge in [0.25, 0.3) is 5.91 Å². The molecule has 1 saturated carbocycles. The van der Waals surface area contributed by atoms with E-state index in [2.05, 4.69) is 5.32 Å². The summed E-state index contributed by atoms with van der Waals surface area (Å²) in [6.45, 7) is 5.53. The fourth-order valence-corrected chi connectivity index (χ4v) is 2.50. The summed E-state index contributed by atoms with van der Waals surface area (Å²) >= 11 is 0. The molecule has 3 N–H and O–H groups in total. The second kappa shape index (κ2) is 4.31. The Hall–Kier alpha value is -1.40. The zero-order valence-corrected chi connectivity index (χ0v) is 12.1. The van der Waals surface area contributed by atoms with E-state index in [1.807, 2.05) is 6.92 Å². The molecule has 1 aliphatic carbocycles. The lowest BCUT2D eigenvalue weighted by atomic mass is 10.0. The van der Waals surface area contributed by atoms with Gasteiger partial charge in [-0.15, -0.1) is 0 Å². The Morgan fingerprint density at radius 2 is 1.89 bits per heavy atom. The third-order valence-corrected chi connectivity index (χ3v) is 4.52. The molecule has 1 amide bonds. The number of carbonyl (C=O) groups is 1. The van der Waals surface area contributed by atoms with Crippen LogP contribution in [0, 0.1) is 13.8 Å². The van der Waals surface area contributed by atoms with Crippen molar-refractivity contribution in [2.75, 3.05) is 0 Å². The monoisotopic (exact) mass is 282 g/mol. The van der Waals surface area contributed by atoms with Crippen LogP contribution in [0.1, 0.15) is 41.3 Å². The number of nitrogens with two attached hydrogens (primary N) is 1. The van der Waals surface area contributed by atoms with Gasteiger partial charge in [-0.25, -0.2) is 13.6 Å². The standard InChI is InChI=1S/C13H18N2O3S/c1-8-6-10(19(14,17)18)7-11(9(8)2)12(16)15-13(3)4-5-13/h6-7H,4-5H2,1-3H3,(H,15,16)(H2,14,17,18). The smallest absolute Gasteiger partial charge is 0.252 e. The van der Waals surface area contributed by atoms with Gasteiger partial charge in [-0.05, 0) is 56.9 Å². The zero-order valence-electron chi connectivity index (χ0n) is 11.3. The molecular formula is C13H18N2O3S. The van der Waals surface area contributed by atoms with Crippen molar-refractivity contribution >= 4 is 15.9 Å². The molecule has 0 aliphatic heterocycles. The second-order valence-electron chi connectivity index (χ2n) is 5.47. The lowest BCUT2D eigenvalue weighted by molar-refractivity contribution is 0.0934. The predicted molar refractivity (Wildman–Crippen MR) is 72.4 cm³/mol. The molecule has 0 heterocycles. The summed E-state index contributed by atoms with van der Waals surface area (Å²) in [4.78, 5) is 12.2. The van der Waals surface area contributed by atoms with Crippen LogP contribution >= 0.6 is 0 Å². The Morgan fingerprint density at radius 1 is 1.32 bits per heavy atom. The number of hydrogen-bond donors (Lipinski definition) is 2. The maximum absolute atomic E-state index is 12.2. The van der Waals surface area contributed by atoms with Crippen LogP contribution < -0.4 is 10.5 Å². The fourth-order valence-electron chi connectivity index (χ4n) is 1.88. The quantitative estimate of drug-likeness (QED) is 0.874. The summed E-state index contributed by atoms with van der Waals surface area (Å²) < 4.78 is 22.8. The van der Waals surface area contributed by atoms with Crippen molar-refractivity contribution in [3.63, 3.8) is 0 Å². The van der Waals surface area contributed by atoms with Gasteiger partial charge in [0, 0.05) is 11.1 Å². The number of rotatable bonds is 3. The lowest BCUT2D eigenvalue weighted by Crippen LogP contribution is -2.34. The molecule has 0 bridgehead atoms. The molecule has 1 aliphatic rings. The minimum atomic E-state index is -3.81. The van der Waals surface area contributed by atoms with Crippen LogP contribution in [0.4, 0.5) is 0 Å². The van der Waals surface area contributed by atoms with Crippen molar-refractivity contribution in [3.8, 4) is 0 Å². The van der Waals surface area contributed by atoms with E-state index in [-0.39, 0.29) is 16.3 Å². The van der Waals surface area contributed by atoms with Gasteiger partial charge in [0.05, 0.1) is 4.90 Å². The van der Waals surface area contributed by atoms with E-state index in [1.54, 1.807) is 13.8 Å². The number of sulfonamides is 1. The van der Waals surface area contributed by atoms with Crippen molar-refractivity contribution in [1.82, 2.24) is 5.32 Å². The summed E-state index contributed by atoms with van der Waals surface area (Å²) in [7, 11) is -3.81. The summed E-state index contributed by atoms with van der Waals surface area (Å²) in [5, 5.41) is 8.04. The first kappa shape index (κ1) is 14.0. The van der Waals surface area contributed by atoms with Crippen LogP contribution in [0.15, 0.2) is 17.0 Å². The fraction of sp³-hybridized carbons (Fsp3) is 0.462. The molecule has 0 atom stereocenters. The van der Waals surface area contributed by atoms with Gasteiger partial charge >= 0.3 is 0 Å². The summed E-state index contributed by atoms with van der Waals surface area (Å²) in [6, 6.07) is 2.83. The van der Waals surface area contributed by atoms with Crippen molar-refractivity contribution in [3.05, 3.63) is 28.8 Å². The van der Waals surface area contributed by atoms with Crippen LogP contribution in [0.2, 0.25) is 0 Å². The third kappa shape index (κ3) is 2.96. The topological polar surface area (TPSA) is 89.3 Å². The minimum absolute atomic E-state index is 0.0262. The minimum Gasteiger partial charge on any atom is -0.347 e. The average Bonchev–Trinajstić information content (AvgIpc) is 2.98. The summed E-state index contributed by atoms with van der Waals surface area (Å²) in [5.74, 6) is -0.244. The SMILES string of the molecule is Cc1cc(S(N)(=O)=O)cc(C(=O)NC2(C)CC2)c1C. The van der Waals surface area contributed by atoms with Crippen LogP contribution in [-0.2, 0) is 10.0 Å². The van der Waals surface area contributed by atoms with Crippen LogP contribution in [0.5, 0.6) is 0 Å². The predicted octanol–water partition coefficient (Wildman–Crippen LogP) is 1.23. The van der Waals surface area contributed by atoms with Crippen molar-refractivity contribution in [2.24, 2.45) is 5.14 Å². The van der Waals surface area contributed by atoms with Gasteiger partial charge in [0.2, 0.25) is 10.0 Å². The molecule has 1 aromatic rings. The second-order valence-corrected chi connectivity index (χ2v) is 7.03. The van der Waals surface area contributed by atoms with Crippen molar-refractivity contribution in [1.29, 1.82) is 0 Å². The highest BCUT2D eigenvalue weighted by Crippen LogP contribution is 2.34. The van der Waals surface area contributed by atoms with Gasteiger partial charge in [-0.1, -0.05) is 0 Å². The highest BCUT2D eigenvalue weighted by molar-refractivity contribution is 7.89. The van der Waals surface area contributed by atoms with E-state index < -0.39 is 10.0 Å². The normalized spacial score (nSPS) is 17.1. The van der Waals surface area contributed by atoms with Gasteiger partial charge in [0.1, 0.15) is 0 Å². The van der Waals surface area contributed by atoms with E-state index >= 15 is 0 Å². The first-order chi connectivity index (χ1) is 8.62. The Labute approximate surface area is 113 Å². The Morgan fingerprint density at radius 3 is 2.37 bits per heavy atom. The molecule has 104 valence electrons. The third-order valence-electron chi connectivity index (χ3n) is 3.63. The molecule has 0 spiro atoms. The molecular weight excluding hydrogens is 264 g/mol. The number of hydrogen-bond acceptors (Lipinski definition) is 3. The molecule has 2 rings (SSSR count). The van der Waals surface area contributed by atoms with E-state index in [0.717, 1.165) is 24.0 Å². The first-order valence-electron chi connectivity index (χ1n) is 6.09. The van der Waals surface area contributed by atoms with Gasteiger partial charge in [-0.2, -0.15) is 0 Å². The number of primary sulfonamides is 1. The number of nitrogens with one attached hydrogen (secondary N) is 1. The molecule has 5 nitrogen and oxygen atoms in total. The lowest BCUT2D eigenvalue weighted by Gasteiger charge is -2.15. The van der Waals surface area contributed by atoms with Crippen LogP contribution in [0.25, 0.3) is 0 Å². The maximum atomic E-state index is 12.2. The number of amides is 1. The highest BCUT2D eigenvalue weighted by atomic mass is 32.2. The van der Waals surface area contributed by atoms with E-state index in [1.165, 1.54) is 12.1 Å². The Balaban J connectivity index is 2.44. The van der Waals surface area contributed by atoms with Gasteiger partial charge < -0.3 is 5.32 Å². The van der Waals surface area contributed by atoms with Gasteiger partial charge in [0.15, 0.2) is 0 Å². The Bertz CT molecular complexity index is 646. The molecule has 6 heteroatoms. The number of benzene rings is 1. The number of aryl methyl sites for hydroxylation is 1. The molecule has 1 fully saturated rings. The highest BCUT2D eigenvalue weighted by Gasteiger charge is 2.39. The zero-order chi connectivity index (χ0) is 14.4. The molecule has 0 saturated heterocycles. The largest absolute Gasteiger partial charge is 0.347 e. The first-order valence-corrected chi connectivity index (χ1v) is 7.64. The average molecular weight is 282 g/mol. The Kier molecular flexibility index (Phi) is 3.18. The van der Waals surface area contributed by atoms with Gasteiger partial charge in [-0.3, -0.25) is 4.79 Å². The van der Waals surface area contributed by atoms with E-state index in [0.29, 0.717) is 5.56 Å². The molecule has 19 heavy (non-hydrogen) atoms. The molecule has 0 unspecified atom stereocenters. The van der Waals surface area contributed by atoms with Crippen LogP contribution in [-0.4, -0.2) is 19.9 Å². The van der Waals surface area contributed by atoms with E-state index in [9.17, 15) is 13.2 Å². The van der Waals surface area contributed by atoms with Crippen molar-refractivity contribution in [2.45, 2.75) is 44.0 Å². The molecule has 0 radical (unpaired) electrons. The summed E-state index contributed by atoms with van der Waals surface area (Å²) in [6.07, 6.45) is 1.90.